The summed E-state index contributed by atoms with van der Waals surface area (Å²) < 4.78 is 12.9. The number of aliphatic hydroxyl groups is 1. The van der Waals surface area contributed by atoms with Crippen LogP contribution in [0.15, 0.2) is 63.8 Å². The molecule has 3 atom stereocenters. The maximum Gasteiger partial charge on any atom is 0.289 e. The average molecular weight is 420 g/mol. The van der Waals surface area contributed by atoms with Gasteiger partial charge in [-0.15, -0.1) is 0 Å². The quantitative estimate of drug-likeness (QED) is 0.702. The molecule has 31 heavy (non-hydrogen) atoms. The van der Waals surface area contributed by atoms with Crippen molar-refractivity contribution in [2.75, 3.05) is 26.8 Å². The molecule has 4 heterocycles. The van der Waals surface area contributed by atoms with Gasteiger partial charge in [0.05, 0.1) is 19.8 Å². The zero-order valence-corrected chi connectivity index (χ0v) is 17.2. The summed E-state index contributed by atoms with van der Waals surface area (Å²) in [6.45, 7) is 0.875. The number of hydrogen-bond donors (Lipinski definition) is 1. The molecule has 3 aromatic rings. The third-order valence-corrected chi connectivity index (χ3v) is 6.44. The van der Waals surface area contributed by atoms with E-state index < -0.39 is 0 Å². The van der Waals surface area contributed by atoms with Crippen molar-refractivity contribution in [3.63, 3.8) is 0 Å². The highest BCUT2D eigenvalue weighted by Crippen LogP contribution is 2.41. The summed E-state index contributed by atoms with van der Waals surface area (Å²) in [5.74, 6) is 1.51. The Morgan fingerprint density at radius 2 is 2.00 bits per heavy atom. The molecule has 0 aliphatic carbocycles. The summed E-state index contributed by atoms with van der Waals surface area (Å²) in [5.41, 5.74) is 1.62. The molecule has 7 heteroatoms. The fourth-order valence-electron chi connectivity index (χ4n) is 4.98. The standard InChI is InChI=1S/C24H24N2O5/c1-30-18-5-2-4-15(11-18)21-8-9-22(31-21)24(29)25-12-16-10-17(13-25)20(14-27)26-19(16)6-3-7-23(26)28/h2-9,11,16-17,20,27H,10,12-14H2,1H3/t16-,17+,20+/m1/s1. The smallest absolute Gasteiger partial charge is 0.289 e. The fourth-order valence-corrected chi connectivity index (χ4v) is 4.98. The van der Waals surface area contributed by atoms with Crippen molar-refractivity contribution in [3.05, 3.63) is 76.4 Å². The predicted molar refractivity (Wildman–Crippen MR) is 114 cm³/mol. The van der Waals surface area contributed by atoms with E-state index in [0.29, 0.717) is 18.8 Å². The molecule has 0 radical (unpaired) electrons. The second-order valence-electron chi connectivity index (χ2n) is 8.21. The molecule has 7 nitrogen and oxygen atoms in total. The second-order valence-corrected chi connectivity index (χ2v) is 8.21. The number of piperidine rings is 1. The summed E-state index contributed by atoms with van der Waals surface area (Å²) >= 11 is 0. The molecule has 1 fully saturated rings. The Bertz CT molecular complexity index is 1180. The van der Waals surface area contributed by atoms with Gasteiger partial charge in [-0.2, -0.15) is 0 Å². The highest BCUT2D eigenvalue weighted by molar-refractivity contribution is 5.92. The largest absolute Gasteiger partial charge is 0.497 e. The maximum absolute atomic E-state index is 13.2. The molecule has 1 N–H and O–H groups in total. The highest BCUT2D eigenvalue weighted by Gasteiger charge is 2.42. The first-order valence-corrected chi connectivity index (χ1v) is 10.4. The lowest BCUT2D eigenvalue weighted by molar-refractivity contribution is 0.0414. The molecule has 1 saturated heterocycles. The van der Waals surface area contributed by atoms with Gasteiger partial charge in [0.2, 0.25) is 0 Å². The molecule has 1 amide bonds. The number of aromatic nitrogens is 1. The number of likely N-dealkylation sites (tertiary alicyclic amines) is 1. The van der Waals surface area contributed by atoms with Gasteiger partial charge in [0.25, 0.3) is 11.5 Å². The molecule has 2 aliphatic rings. The molecule has 2 bridgehead atoms. The molecular weight excluding hydrogens is 396 g/mol. The fraction of sp³-hybridized carbons (Fsp3) is 0.333. The van der Waals surface area contributed by atoms with Crippen LogP contribution < -0.4 is 10.3 Å². The summed E-state index contributed by atoms with van der Waals surface area (Å²) in [4.78, 5) is 27.5. The van der Waals surface area contributed by atoms with Crippen LogP contribution in [0.25, 0.3) is 11.3 Å². The molecule has 160 valence electrons. The van der Waals surface area contributed by atoms with Gasteiger partial charge in [-0.25, -0.2) is 0 Å². The van der Waals surface area contributed by atoms with Gasteiger partial charge in [-0.3, -0.25) is 9.59 Å². The Balaban J connectivity index is 1.42. The third kappa shape index (κ3) is 3.35. The number of furan rings is 1. The van der Waals surface area contributed by atoms with E-state index in [1.165, 1.54) is 6.07 Å². The van der Waals surface area contributed by atoms with Crippen molar-refractivity contribution >= 4 is 5.91 Å². The number of amides is 1. The van der Waals surface area contributed by atoms with E-state index in [9.17, 15) is 14.7 Å². The SMILES string of the molecule is COc1cccc(-c2ccc(C(=O)N3C[C@H]4C[C@@H](C3)[C@H](CO)n3c4cccc3=O)o2)c1. The van der Waals surface area contributed by atoms with Gasteiger partial charge in [0, 0.05) is 42.2 Å². The van der Waals surface area contributed by atoms with Crippen molar-refractivity contribution in [3.8, 4) is 17.1 Å². The number of pyridine rings is 1. The van der Waals surface area contributed by atoms with Crippen molar-refractivity contribution in [2.45, 2.75) is 18.4 Å². The molecule has 1 aromatic carbocycles. The van der Waals surface area contributed by atoms with Crippen LogP contribution in [0.4, 0.5) is 0 Å². The average Bonchev–Trinajstić information content (AvgIpc) is 3.30. The number of nitrogens with zero attached hydrogens (tertiary/aromatic N) is 2. The van der Waals surface area contributed by atoms with E-state index >= 15 is 0 Å². The minimum atomic E-state index is -0.320. The van der Waals surface area contributed by atoms with Gasteiger partial charge >= 0.3 is 0 Å². The summed E-state index contributed by atoms with van der Waals surface area (Å²) in [6, 6.07) is 15.9. The number of carbonyl (C=O) groups is 1. The van der Waals surface area contributed by atoms with Crippen LogP contribution in [-0.2, 0) is 0 Å². The number of ether oxygens (including phenoxy) is 1. The number of aliphatic hydroxyl groups excluding tert-OH is 1. The molecule has 0 saturated carbocycles. The molecule has 0 unspecified atom stereocenters. The first-order chi connectivity index (χ1) is 15.1. The Hall–Kier alpha value is -3.32. The zero-order valence-electron chi connectivity index (χ0n) is 17.2. The van der Waals surface area contributed by atoms with Crippen molar-refractivity contribution < 1.29 is 19.1 Å². The first-order valence-electron chi connectivity index (χ1n) is 10.4. The number of rotatable bonds is 4. The van der Waals surface area contributed by atoms with E-state index in [1.54, 1.807) is 34.8 Å². The minimum Gasteiger partial charge on any atom is -0.497 e. The van der Waals surface area contributed by atoms with Gasteiger partial charge in [0.1, 0.15) is 11.5 Å². The monoisotopic (exact) mass is 420 g/mol. The van der Waals surface area contributed by atoms with Gasteiger partial charge in [-0.05, 0) is 36.8 Å². The maximum atomic E-state index is 13.2. The predicted octanol–water partition coefficient (Wildman–Crippen LogP) is 2.91. The molecule has 2 aromatic heterocycles. The normalized spacial score (nSPS) is 22.1. The van der Waals surface area contributed by atoms with Crippen LogP contribution in [0.2, 0.25) is 0 Å². The molecule has 0 spiro atoms. The highest BCUT2D eigenvalue weighted by atomic mass is 16.5. The summed E-state index contributed by atoms with van der Waals surface area (Å²) in [5, 5.41) is 10.00. The topological polar surface area (TPSA) is 84.9 Å². The van der Waals surface area contributed by atoms with Crippen molar-refractivity contribution in [2.24, 2.45) is 5.92 Å². The first kappa shape index (κ1) is 19.6. The molecular formula is C24H24N2O5. The Morgan fingerprint density at radius 3 is 2.81 bits per heavy atom. The van der Waals surface area contributed by atoms with E-state index in [0.717, 1.165) is 23.4 Å². The lowest BCUT2D eigenvalue weighted by atomic mass is 9.78. The van der Waals surface area contributed by atoms with Gasteiger partial charge in [0.15, 0.2) is 5.76 Å². The Morgan fingerprint density at radius 1 is 1.16 bits per heavy atom. The van der Waals surface area contributed by atoms with Crippen LogP contribution in [0.1, 0.15) is 34.6 Å². The van der Waals surface area contributed by atoms with E-state index in [2.05, 4.69) is 0 Å². The number of methoxy groups -OCH3 is 1. The van der Waals surface area contributed by atoms with Gasteiger partial charge < -0.3 is 23.7 Å². The van der Waals surface area contributed by atoms with E-state index in [1.807, 2.05) is 30.3 Å². The minimum absolute atomic E-state index is 0.0214. The van der Waals surface area contributed by atoms with Gasteiger partial charge in [-0.1, -0.05) is 18.2 Å². The molecule has 5 rings (SSSR count). The van der Waals surface area contributed by atoms with Crippen molar-refractivity contribution in [1.29, 1.82) is 0 Å². The van der Waals surface area contributed by atoms with Crippen LogP contribution in [0.5, 0.6) is 5.75 Å². The lowest BCUT2D eigenvalue weighted by Crippen LogP contribution is -2.51. The zero-order chi connectivity index (χ0) is 21.5. The number of hydrogen-bond acceptors (Lipinski definition) is 5. The molecule has 2 aliphatic heterocycles. The van der Waals surface area contributed by atoms with Crippen LogP contribution in [-0.4, -0.2) is 47.3 Å². The van der Waals surface area contributed by atoms with Crippen LogP contribution >= 0.6 is 0 Å². The number of carbonyl (C=O) groups excluding carboxylic acids is 1. The van der Waals surface area contributed by atoms with Crippen LogP contribution in [0.3, 0.4) is 0 Å². The summed E-state index contributed by atoms with van der Waals surface area (Å²) in [6.07, 6.45) is 0.853. The van der Waals surface area contributed by atoms with Crippen LogP contribution in [0, 0.1) is 5.92 Å². The Kier molecular flexibility index (Phi) is 4.90. The number of benzene rings is 1. The van der Waals surface area contributed by atoms with E-state index in [4.69, 9.17) is 9.15 Å². The van der Waals surface area contributed by atoms with E-state index in [-0.39, 0.29) is 41.7 Å². The lowest BCUT2D eigenvalue weighted by Gasteiger charge is -2.46. The van der Waals surface area contributed by atoms with Crippen molar-refractivity contribution in [1.82, 2.24) is 9.47 Å². The summed E-state index contributed by atoms with van der Waals surface area (Å²) in [7, 11) is 1.61. The number of fused-ring (bicyclic) bond motifs is 4. The third-order valence-electron chi connectivity index (χ3n) is 6.44. The second kappa shape index (κ2) is 7.74. The Labute approximate surface area is 179 Å².